The number of hydrogen-bond acceptors (Lipinski definition) is 5. The number of carbonyl (C=O) groups is 1. The molecule has 0 aromatic heterocycles. The maximum absolute atomic E-state index is 10.6. The van der Waals surface area contributed by atoms with Crippen LogP contribution in [0.4, 0.5) is 0 Å². The summed E-state index contributed by atoms with van der Waals surface area (Å²) < 4.78 is 0. The summed E-state index contributed by atoms with van der Waals surface area (Å²) in [6, 6.07) is -0.587. The minimum absolute atomic E-state index is 0.286. The number of rotatable bonds is 8. The highest BCUT2D eigenvalue weighted by atomic mass is 32.2. The summed E-state index contributed by atoms with van der Waals surface area (Å²) in [5, 5.41) is 29.1. The van der Waals surface area contributed by atoms with Crippen molar-refractivity contribution in [1.29, 1.82) is 0 Å². The molecule has 5 nitrogen and oxygen atoms in total. The maximum atomic E-state index is 10.6. The van der Waals surface area contributed by atoms with E-state index in [1.165, 1.54) is 11.8 Å². The third-order valence-electron chi connectivity index (χ3n) is 1.55. The molecule has 6 heteroatoms. The Morgan fingerprint density at radius 2 is 2.14 bits per heavy atom. The molecule has 0 bridgehead atoms. The van der Waals surface area contributed by atoms with E-state index in [0.29, 0.717) is 18.1 Å². The van der Waals surface area contributed by atoms with Crippen molar-refractivity contribution in [3.05, 3.63) is 0 Å². The Bertz CT molecular complexity index is 167. The fraction of sp³-hybridized carbons (Fsp3) is 0.875. The Hall–Kier alpha value is -0.300. The van der Waals surface area contributed by atoms with Gasteiger partial charge in [-0.05, 0) is 6.54 Å². The second-order valence-electron chi connectivity index (χ2n) is 2.82. The monoisotopic (exact) mass is 223 g/mol. The number of carboxylic acids is 1. The van der Waals surface area contributed by atoms with Gasteiger partial charge in [-0.25, -0.2) is 0 Å². The number of aliphatic carboxylic acids is 1. The van der Waals surface area contributed by atoms with Gasteiger partial charge in [0, 0.05) is 11.5 Å². The van der Waals surface area contributed by atoms with Crippen LogP contribution in [0.1, 0.15) is 6.92 Å². The van der Waals surface area contributed by atoms with Crippen molar-refractivity contribution in [3.8, 4) is 0 Å². The first kappa shape index (κ1) is 13.7. The Balaban J connectivity index is 3.66. The van der Waals surface area contributed by atoms with E-state index in [4.69, 9.17) is 15.3 Å². The first-order chi connectivity index (χ1) is 6.61. The van der Waals surface area contributed by atoms with Gasteiger partial charge in [0.1, 0.15) is 6.04 Å². The average molecular weight is 223 g/mol. The van der Waals surface area contributed by atoms with Crippen LogP contribution in [0.3, 0.4) is 0 Å². The van der Waals surface area contributed by atoms with E-state index in [0.717, 1.165) is 0 Å². The molecule has 2 atom stereocenters. The third kappa shape index (κ3) is 6.20. The van der Waals surface area contributed by atoms with Crippen LogP contribution in [0, 0.1) is 0 Å². The van der Waals surface area contributed by atoms with Gasteiger partial charge in [0.2, 0.25) is 0 Å². The molecule has 4 N–H and O–H groups in total. The molecule has 0 aliphatic heterocycles. The zero-order valence-corrected chi connectivity index (χ0v) is 8.96. The van der Waals surface area contributed by atoms with Gasteiger partial charge < -0.3 is 20.6 Å². The van der Waals surface area contributed by atoms with Crippen molar-refractivity contribution >= 4 is 17.7 Å². The van der Waals surface area contributed by atoms with Gasteiger partial charge in [0.05, 0.1) is 12.7 Å². The summed E-state index contributed by atoms with van der Waals surface area (Å²) in [5.74, 6) is -0.149. The zero-order valence-electron chi connectivity index (χ0n) is 8.14. The fourth-order valence-electron chi connectivity index (χ4n) is 0.839. The van der Waals surface area contributed by atoms with E-state index < -0.39 is 18.1 Å². The Kier molecular flexibility index (Phi) is 7.87. The van der Waals surface area contributed by atoms with E-state index in [1.54, 1.807) is 0 Å². The highest BCUT2D eigenvalue weighted by Gasteiger charge is 2.16. The third-order valence-corrected chi connectivity index (χ3v) is 2.74. The van der Waals surface area contributed by atoms with Crippen molar-refractivity contribution < 1.29 is 20.1 Å². The highest BCUT2D eigenvalue weighted by molar-refractivity contribution is 7.99. The Morgan fingerprint density at radius 3 is 2.57 bits per heavy atom. The van der Waals surface area contributed by atoms with Gasteiger partial charge in [-0.2, -0.15) is 11.8 Å². The first-order valence-electron chi connectivity index (χ1n) is 4.44. The van der Waals surface area contributed by atoms with E-state index in [9.17, 15) is 4.79 Å². The summed E-state index contributed by atoms with van der Waals surface area (Å²) in [5.41, 5.74) is 0. The average Bonchev–Trinajstić information content (AvgIpc) is 2.16. The number of hydrogen-bond donors (Lipinski definition) is 4. The summed E-state index contributed by atoms with van der Waals surface area (Å²) in [7, 11) is 0. The molecule has 14 heavy (non-hydrogen) atoms. The van der Waals surface area contributed by atoms with Crippen LogP contribution in [-0.4, -0.2) is 58.1 Å². The predicted octanol–water partition coefficient (Wildman–Crippen LogP) is -0.864. The van der Waals surface area contributed by atoms with E-state index in [-0.39, 0.29) is 6.61 Å². The molecule has 0 aliphatic carbocycles. The second kappa shape index (κ2) is 8.05. The molecule has 0 saturated heterocycles. The number of aliphatic hydroxyl groups excluding tert-OH is 2. The van der Waals surface area contributed by atoms with Gasteiger partial charge in [-0.15, -0.1) is 0 Å². The molecule has 0 aliphatic rings. The van der Waals surface area contributed by atoms with E-state index in [2.05, 4.69) is 5.32 Å². The second-order valence-corrected chi connectivity index (χ2v) is 3.90. The van der Waals surface area contributed by atoms with Crippen LogP contribution >= 0.6 is 11.8 Å². The Labute approximate surface area is 87.5 Å². The van der Waals surface area contributed by atoms with Crippen LogP contribution in [0.5, 0.6) is 0 Å². The number of nitrogens with one attached hydrogen (secondary N) is 1. The lowest BCUT2D eigenvalue weighted by atomic mass is 10.3. The van der Waals surface area contributed by atoms with Gasteiger partial charge in [-0.3, -0.25) is 4.79 Å². The number of aliphatic hydroxyl groups is 2. The molecule has 0 rings (SSSR count). The minimum Gasteiger partial charge on any atom is -0.480 e. The van der Waals surface area contributed by atoms with Crippen molar-refractivity contribution in [1.82, 2.24) is 5.32 Å². The molecule has 0 fully saturated rings. The molecule has 0 spiro atoms. The Morgan fingerprint density at radius 1 is 1.50 bits per heavy atom. The lowest BCUT2D eigenvalue weighted by Gasteiger charge is -2.13. The lowest BCUT2D eigenvalue weighted by Crippen LogP contribution is -2.38. The van der Waals surface area contributed by atoms with Gasteiger partial charge in [-0.1, -0.05) is 6.92 Å². The smallest absolute Gasteiger partial charge is 0.321 e. The van der Waals surface area contributed by atoms with E-state index in [1.807, 2.05) is 6.92 Å². The number of likely N-dealkylation sites (N-methyl/N-ethyl adjacent to an activating group) is 1. The standard InChI is InChI=1S/C8H17NO4S/c1-2-9-7(8(12)13)5-14-4-6(11)3-10/h6-7,9-11H,2-5H2,1H3,(H,12,13). The molecule has 84 valence electrons. The molecule has 0 radical (unpaired) electrons. The van der Waals surface area contributed by atoms with Crippen molar-refractivity contribution in [2.75, 3.05) is 24.7 Å². The van der Waals surface area contributed by atoms with Crippen LogP contribution < -0.4 is 5.32 Å². The van der Waals surface area contributed by atoms with Crippen molar-refractivity contribution in [3.63, 3.8) is 0 Å². The van der Waals surface area contributed by atoms with Gasteiger partial charge >= 0.3 is 5.97 Å². The predicted molar refractivity (Wildman–Crippen MR) is 55.5 cm³/mol. The van der Waals surface area contributed by atoms with E-state index >= 15 is 0 Å². The largest absolute Gasteiger partial charge is 0.480 e. The van der Waals surface area contributed by atoms with Crippen LogP contribution in [0.15, 0.2) is 0 Å². The number of carboxylic acid groups (broad SMARTS) is 1. The molecule has 0 aromatic rings. The lowest BCUT2D eigenvalue weighted by molar-refractivity contribution is -0.138. The fourth-order valence-corrected chi connectivity index (χ4v) is 1.85. The molecular formula is C8H17NO4S. The number of thioether (sulfide) groups is 1. The van der Waals surface area contributed by atoms with Gasteiger partial charge in [0.15, 0.2) is 0 Å². The molecule has 2 unspecified atom stereocenters. The summed E-state index contributed by atoms with van der Waals surface area (Å²) >= 11 is 1.31. The van der Waals surface area contributed by atoms with Crippen LogP contribution in [0.2, 0.25) is 0 Å². The minimum atomic E-state index is -0.891. The normalized spacial score (nSPS) is 15.1. The summed E-state index contributed by atoms with van der Waals surface area (Å²) in [4.78, 5) is 10.6. The van der Waals surface area contributed by atoms with Crippen molar-refractivity contribution in [2.24, 2.45) is 0 Å². The topological polar surface area (TPSA) is 89.8 Å². The van der Waals surface area contributed by atoms with Crippen molar-refractivity contribution in [2.45, 2.75) is 19.1 Å². The molecule has 0 aromatic carbocycles. The molecular weight excluding hydrogens is 206 g/mol. The summed E-state index contributed by atoms with van der Waals surface area (Å²) in [6.45, 7) is 2.15. The highest BCUT2D eigenvalue weighted by Crippen LogP contribution is 2.05. The first-order valence-corrected chi connectivity index (χ1v) is 5.60. The van der Waals surface area contributed by atoms with Crippen LogP contribution in [-0.2, 0) is 4.79 Å². The zero-order chi connectivity index (χ0) is 11.0. The van der Waals surface area contributed by atoms with Crippen LogP contribution in [0.25, 0.3) is 0 Å². The molecule has 0 saturated carbocycles. The molecule has 0 heterocycles. The SMILES string of the molecule is CCNC(CSCC(O)CO)C(=O)O. The quantitative estimate of drug-likeness (QED) is 0.428. The van der Waals surface area contributed by atoms with Gasteiger partial charge in [0.25, 0.3) is 0 Å². The maximum Gasteiger partial charge on any atom is 0.321 e. The summed E-state index contributed by atoms with van der Waals surface area (Å²) in [6.07, 6.45) is -0.768. The molecule has 0 amide bonds.